The Hall–Kier alpha value is -0.350. The molecule has 0 fully saturated rings. The fourth-order valence-electron chi connectivity index (χ4n) is 1.72. The number of hydrogen-bond acceptors (Lipinski definition) is 3. The van der Waals surface area contributed by atoms with Crippen LogP contribution in [0.5, 0.6) is 0 Å². The highest BCUT2D eigenvalue weighted by atomic mass is 35.5. The lowest BCUT2D eigenvalue weighted by molar-refractivity contribution is 0.234. The summed E-state index contributed by atoms with van der Waals surface area (Å²) >= 11 is 12.0. The molecule has 0 saturated carbocycles. The summed E-state index contributed by atoms with van der Waals surface area (Å²) in [5, 5.41) is 1.14. The van der Waals surface area contributed by atoms with Crippen molar-refractivity contribution in [3.05, 3.63) is 28.0 Å². The third-order valence-electron chi connectivity index (χ3n) is 2.69. The normalized spacial score (nSPS) is 11.5. The Kier molecular flexibility index (Phi) is 6.94. The second kappa shape index (κ2) is 7.95. The Labute approximate surface area is 120 Å². The molecule has 1 rings (SSSR count). The Morgan fingerprint density at radius 3 is 2.44 bits per heavy atom. The quantitative estimate of drug-likeness (QED) is 0.719. The molecule has 0 amide bonds. The van der Waals surface area contributed by atoms with Crippen LogP contribution >= 0.6 is 23.2 Å². The second-order valence-electron chi connectivity index (χ2n) is 4.68. The van der Waals surface area contributed by atoms with Gasteiger partial charge in [-0.2, -0.15) is 0 Å². The molecule has 1 heterocycles. The highest BCUT2D eigenvalue weighted by Gasteiger charge is 2.09. The minimum absolute atomic E-state index is 0.444. The van der Waals surface area contributed by atoms with Crippen molar-refractivity contribution in [3.63, 3.8) is 0 Å². The van der Waals surface area contributed by atoms with Crippen molar-refractivity contribution in [2.45, 2.75) is 19.9 Å². The van der Waals surface area contributed by atoms with Gasteiger partial charge < -0.3 is 4.90 Å². The van der Waals surface area contributed by atoms with Crippen LogP contribution < -0.4 is 0 Å². The smallest absolute Gasteiger partial charge is 0.130 e. The maximum Gasteiger partial charge on any atom is 0.130 e. The van der Waals surface area contributed by atoms with Gasteiger partial charge in [0.25, 0.3) is 0 Å². The maximum atomic E-state index is 6.17. The molecule has 0 spiro atoms. The van der Waals surface area contributed by atoms with Gasteiger partial charge in [0, 0.05) is 36.4 Å². The van der Waals surface area contributed by atoms with E-state index in [0.717, 1.165) is 38.2 Å². The molecule has 5 heteroatoms. The Morgan fingerprint density at radius 1 is 1.17 bits per heavy atom. The van der Waals surface area contributed by atoms with Gasteiger partial charge in [-0.3, -0.25) is 4.90 Å². The fourth-order valence-corrected chi connectivity index (χ4v) is 2.15. The van der Waals surface area contributed by atoms with Gasteiger partial charge in [0.15, 0.2) is 0 Å². The summed E-state index contributed by atoms with van der Waals surface area (Å²) in [6, 6.07) is 1.70. The number of halogens is 2. The SMILES string of the molecule is CCCN(CCN(C)C)Cc1cnc(Cl)cc1Cl. The molecule has 0 bridgehead atoms. The van der Waals surface area contributed by atoms with Crippen LogP contribution in [0.25, 0.3) is 0 Å². The predicted octanol–water partition coefficient (Wildman–Crippen LogP) is 3.16. The molecule has 0 radical (unpaired) electrons. The summed E-state index contributed by atoms with van der Waals surface area (Å²) in [5.41, 5.74) is 1.04. The lowest BCUT2D eigenvalue weighted by Crippen LogP contribution is -2.32. The molecule has 0 aliphatic heterocycles. The van der Waals surface area contributed by atoms with E-state index in [4.69, 9.17) is 23.2 Å². The topological polar surface area (TPSA) is 19.4 Å². The summed E-state index contributed by atoms with van der Waals surface area (Å²) in [5.74, 6) is 0. The summed E-state index contributed by atoms with van der Waals surface area (Å²) in [6.07, 6.45) is 2.90. The van der Waals surface area contributed by atoms with E-state index in [-0.39, 0.29) is 0 Å². The molecule has 0 aromatic carbocycles. The van der Waals surface area contributed by atoms with Crippen molar-refractivity contribution in [1.29, 1.82) is 0 Å². The second-order valence-corrected chi connectivity index (χ2v) is 5.47. The highest BCUT2D eigenvalue weighted by Crippen LogP contribution is 2.20. The van der Waals surface area contributed by atoms with Gasteiger partial charge in [-0.15, -0.1) is 0 Å². The molecule has 0 N–H and O–H groups in total. The number of nitrogens with zero attached hydrogens (tertiary/aromatic N) is 3. The molecule has 0 atom stereocenters. The van der Waals surface area contributed by atoms with Gasteiger partial charge in [0.1, 0.15) is 5.15 Å². The van der Waals surface area contributed by atoms with Crippen LogP contribution in [0.3, 0.4) is 0 Å². The minimum atomic E-state index is 0.444. The third-order valence-corrected chi connectivity index (χ3v) is 3.25. The first-order valence-electron chi connectivity index (χ1n) is 6.20. The van der Waals surface area contributed by atoms with E-state index in [1.54, 1.807) is 12.3 Å². The van der Waals surface area contributed by atoms with Gasteiger partial charge in [0.05, 0.1) is 0 Å². The summed E-state index contributed by atoms with van der Waals surface area (Å²) in [7, 11) is 4.17. The number of aromatic nitrogens is 1. The van der Waals surface area contributed by atoms with E-state index < -0.39 is 0 Å². The molecular formula is C13H21Cl2N3. The molecule has 0 unspecified atom stereocenters. The van der Waals surface area contributed by atoms with Crippen molar-refractivity contribution in [1.82, 2.24) is 14.8 Å². The lowest BCUT2D eigenvalue weighted by atomic mass is 10.2. The van der Waals surface area contributed by atoms with Crippen LogP contribution in [-0.4, -0.2) is 48.5 Å². The van der Waals surface area contributed by atoms with E-state index >= 15 is 0 Å². The number of hydrogen-bond donors (Lipinski definition) is 0. The van der Waals surface area contributed by atoms with Crippen molar-refractivity contribution in [2.24, 2.45) is 0 Å². The summed E-state index contributed by atoms with van der Waals surface area (Å²) < 4.78 is 0. The largest absolute Gasteiger partial charge is 0.308 e. The minimum Gasteiger partial charge on any atom is -0.308 e. The van der Waals surface area contributed by atoms with Gasteiger partial charge in [-0.25, -0.2) is 4.98 Å². The standard InChI is InChI=1S/C13H21Cl2N3/c1-4-5-18(7-6-17(2)3)10-11-9-16-13(15)8-12(11)14/h8-9H,4-7,10H2,1-3H3. The lowest BCUT2D eigenvalue weighted by Gasteiger charge is -2.23. The zero-order valence-corrected chi connectivity index (χ0v) is 12.8. The van der Waals surface area contributed by atoms with Gasteiger partial charge >= 0.3 is 0 Å². The molecule has 1 aromatic heterocycles. The maximum absolute atomic E-state index is 6.17. The van der Waals surface area contributed by atoms with Gasteiger partial charge in [-0.05, 0) is 33.1 Å². The van der Waals surface area contributed by atoms with Crippen molar-refractivity contribution < 1.29 is 0 Å². The molecule has 1 aromatic rings. The highest BCUT2D eigenvalue weighted by molar-refractivity contribution is 6.34. The van der Waals surface area contributed by atoms with Crippen LogP contribution in [0, 0.1) is 0 Å². The van der Waals surface area contributed by atoms with Crippen LogP contribution in [0.2, 0.25) is 10.2 Å². The summed E-state index contributed by atoms with van der Waals surface area (Å²) in [4.78, 5) is 8.66. The molecule has 3 nitrogen and oxygen atoms in total. The average Bonchev–Trinajstić information content (AvgIpc) is 2.29. The molecular weight excluding hydrogens is 269 g/mol. The van der Waals surface area contributed by atoms with E-state index in [1.165, 1.54) is 0 Å². The van der Waals surface area contributed by atoms with Gasteiger partial charge in [-0.1, -0.05) is 30.1 Å². The van der Waals surface area contributed by atoms with E-state index in [9.17, 15) is 0 Å². The Bertz CT molecular complexity index is 369. The van der Waals surface area contributed by atoms with E-state index in [2.05, 4.69) is 35.8 Å². The Balaban J connectivity index is 2.64. The third kappa shape index (κ3) is 5.53. The monoisotopic (exact) mass is 289 g/mol. The Morgan fingerprint density at radius 2 is 1.89 bits per heavy atom. The first kappa shape index (κ1) is 15.7. The molecule has 102 valence electrons. The number of rotatable bonds is 7. The molecule has 0 aliphatic carbocycles. The number of pyridine rings is 1. The van der Waals surface area contributed by atoms with Crippen LogP contribution in [-0.2, 0) is 6.54 Å². The molecule has 0 saturated heterocycles. The van der Waals surface area contributed by atoms with Crippen molar-refractivity contribution in [3.8, 4) is 0 Å². The van der Waals surface area contributed by atoms with Crippen LogP contribution in [0.15, 0.2) is 12.3 Å². The zero-order valence-electron chi connectivity index (χ0n) is 11.3. The first-order chi connectivity index (χ1) is 8.52. The molecule has 0 aliphatic rings. The van der Waals surface area contributed by atoms with E-state index in [0.29, 0.717) is 10.2 Å². The average molecular weight is 290 g/mol. The van der Waals surface area contributed by atoms with Crippen LogP contribution in [0.4, 0.5) is 0 Å². The zero-order chi connectivity index (χ0) is 13.5. The number of likely N-dealkylation sites (N-methyl/N-ethyl adjacent to an activating group) is 1. The summed E-state index contributed by atoms with van der Waals surface area (Å²) in [6.45, 7) is 6.14. The van der Waals surface area contributed by atoms with E-state index in [1.807, 2.05) is 0 Å². The molecule has 18 heavy (non-hydrogen) atoms. The fraction of sp³-hybridized carbons (Fsp3) is 0.615. The van der Waals surface area contributed by atoms with Crippen molar-refractivity contribution >= 4 is 23.2 Å². The first-order valence-corrected chi connectivity index (χ1v) is 6.95. The van der Waals surface area contributed by atoms with Crippen molar-refractivity contribution in [2.75, 3.05) is 33.7 Å². The predicted molar refractivity (Wildman–Crippen MR) is 78.4 cm³/mol. The van der Waals surface area contributed by atoms with Crippen LogP contribution in [0.1, 0.15) is 18.9 Å². The van der Waals surface area contributed by atoms with Gasteiger partial charge in [0.2, 0.25) is 0 Å².